The van der Waals surface area contributed by atoms with Crippen molar-refractivity contribution in [3.63, 3.8) is 0 Å². The van der Waals surface area contributed by atoms with Crippen LogP contribution in [0.1, 0.15) is 43.3 Å². The highest BCUT2D eigenvalue weighted by Crippen LogP contribution is 2.39. The van der Waals surface area contributed by atoms with E-state index in [4.69, 9.17) is 4.42 Å². The van der Waals surface area contributed by atoms with Crippen LogP contribution in [-0.2, 0) is 6.54 Å². The van der Waals surface area contributed by atoms with E-state index in [1.165, 1.54) is 24.8 Å². The molecule has 1 aromatic heterocycles. The smallest absolute Gasteiger partial charge is 0.105 e. The number of nitrogens with one attached hydrogen (secondary N) is 1. The van der Waals surface area contributed by atoms with E-state index in [0.29, 0.717) is 5.41 Å². The molecule has 0 spiro atoms. The fraction of sp³-hybridized carbons (Fsp3) is 0.692. The average molecular weight is 207 g/mol. The summed E-state index contributed by atoms with van der Waals surface area (Å²) in [5.41, 5.74) is 1.86. The van der Waals surface area contributed by atoms with Gasteiger partial charge in [-0.1, -0.05) is 13.3 Å². The zero-order valence-corrected chi connectivity index (χ0v) is 10.0. The quantitative estimate of drug-likeness (QED) is 0.820. The molecule has 1 saturated carbocycles. The lowest BCUT2D eigenvalue weighted by Crippen LogP contribution is -2.36. The van der Waals surface area contributed by atoms with Crippen LogP contribution >= 0.6 is 0 Å². The lowest BCUT2D eigenvalue weighted by atomic mass is 9.70. The zero-order chi connectivity index (χ0) is 10.9. The van der Waals surface area contributed by atoms with Crippen LogP contribution in [-0.4, -0.2) is 6.54 Å². The van der Waals surface area contributed by atoms with Crippen molar-refractivity contribution in [3.05, 3.63) is 23.2 Å². The minimum Gasteiger partial charge on any atom is -0.466 e. The first kappa shape index (κ1) is 10.7. The Morgan fingerprint density at radius 2 is 2.13 bits per heavy atom. The van der Waals surface area contributed by atoms with Crippen molar-refractivity contribution in [1.82, 2.24) is 5.32 Å². The Balaban J connectivity index is 1.80. The van der Waals surface area contributed by atoms with Gasteiger partial charge in [-0.15, -0.1) is 0 Å². The van der Waals surface area contributed by atoms with E-state index in [-0.39, 0.29) is 0 Å². The molecular weight excluding hydrogens is 186 g/mol. The first-order valence-corrected chi connectivity index (χ1v) is 5.86. The van der Waals surface area contributed by atoms with E-state index in [9.17, 15) is 0 Å². The van der Waals surface area contributed by atoms with Gasteiger partial charge in [0.05, 0.1) is 0 Å². The third kappa shape index (κ3) is 2.43. The summed E-state index contributed by atoms with van der Waals surface area (Å²) in [7, 11) is 0. The van der Waals surface area contributed by atoms with E-state index < -0.39 is 0 Å². The van der Waals surface area contributed by atoms with E-state index in [1.807, 2.05) is 13.8 Å². The normalized spacial score (nSPS) is 18.9. The second-order valence-corrected chi connectivity index (χ2v) is 5.21. The van der Waals surface area contributed by atoms with Gasteiger partial charge in [-0.05, 0) is 38.2 Å². The molecule has 0 unspecified atom stereocenters. The molecule has 2 heteroatoms. The first-order chi connectivity index (χ1) is 7.09. The molecule has 84 valence electrons. The number of furan rings is 1. The lowest BCUT2D eigenvalue weighted by Gasteiger charge is -2.38. The fourth-order valence-corrected chi connectivity index (χ4v) is 2.32. The summed E-state index contributed by atoms with van der Waals surface area (Å²) in [6, 6.07) is 2.13. The second kappa shape index (κ2) is 4.01. The minimum absolute atomic E-state index is 0.562. The van der Waals surface area contributed by atoms with Gasteiger partial charge in [0.15, 0.2) is 0 Å². The summed E-state index contributed by atoms with van der Waals surface area (Å²) in [5.74, 6) is 2.07. The molecule has 1 fully saturated rings. The van der Waals surface area contributed by atoms with Crippen LogP contribution in [0.5, 0.6) is 0 Å². The van der Waals surface area contributed by atoms with E-state index >= 15 is 0 Å². The standard InChI is InChI=1S/C13H21NO/c1-10-7-12(11(2)15-10)8-14-9-13(3)5-4-6-13/h7,14H,4-6,8-9H2,1-3H3. The highest BCUT2D eigenvalue weighted by Gasteiger charge is 2.30. The van der Waals surface area contributed by atoms with Gasteiger partial charge in [0.1, 0.15) is 11.5 Å². The molecule has 0 bridgehead atoms. The topological polar surface area (TPSA) is 25.2 Å². The van der Waals surface area contributed by atoms with E-state index in [0.717, 1.165) is 24.6 Å². The maximum absolute atomic E-state index is 5.50. The molecule has 0 aliphatic heterocycles. The molecule has 2 nitrogen and oxygen atoms in total. The molecule has 0 amide bonds. The Morgan fingerprint density at radius 3 is 2.60 bits per heavy atom. The SMILES string of the molecule is Cc1cc(CNCC2(C)CCC2)c(C)o1. The second-order valence-electron chi connectivity index (χ2n) is 5.21. The third-order valence-corrected chi connectivity index (χ3v) is 3.57. The summed E-state index contributed by atoms with van der Waals surface area (Å²) in [6.45, 7) is 8.49. The summed E-state index contributed by atoms with van der Waals surface area (Å²) in [6.07, 6.45) is 4.16. The van der Waals surface area contributed by atoms with Gasteiger partial charge in [-0.2, -0.15) is 0 Å². The van der Waals surface area contributed by atoms with Crippen molar-refractivity contribution in [2.24, 2.45) is 5.41 Å². The number of rotatable bonds is 4. The Morgan fingerprint density at radius 1 is 1.40 bits per heavy atom. The van der Waals surface area contributed by atoms with Gasteiger partial charge in [0.25, 0.3) is 0 Å². The van der Waals surface area contributed by atoms with Crippen molar-refractivity contribution in [2.75, 3.05) is 6.54 Å². The molecule has 1 N–H and O–H groups in total. The first-order valence-electron chi connectivity index (χ1n) is 5.86. The highest BCUT2D eigenvalue weighted by atomic mass is 16.3. The van der Waals surface area contributed by atoms with Gasteiger partial charge in [-0.25, -0.2) is 0 Å². The molecule has 1 heterocycles. The molecule has 15 heavy (non-hydrogen) atoms. The van der Waals surface area contributed by atoms with Gasteiger partial charge in [-0.3, -0.25) is 0 Å². The Labute approximate surface area is 92.1 Å². The summed E-state index contributed by atoms with van der Waals surface area (Å²) >= 11 is 0. The number of aryl methyl sites for hydroxylation is 2. The molecule has 1 aliphatic carbocycles. The molecule has 1 aromatic rings. The Hall–Kier alpha value is -0.760. The average Bonchev–Trinajstić information content (AvgIpc) is 2.42. The van der Waals surface area contributed by atoms with Crippen molar-refractivity contribution >= 4 is 0 Å². The largest absolute Gasteiger partial charge is 0.466 e. The molecule has 0 saturated heterocycles. The van der Waals surface area contributed by atoms with Crippen LogP contribution in [0.15, 0.2) is 10.5 Å². The van der Waals surface area contributed by atoms with Crippen molar-refractivity contribution in [3.8, 4) is 0 Å². The van der Waals surface area contributed by atoms with Crippen LogP contribution in [0.25, 0.3) is 0 Å². The van der Waals surface area contributed by atoms with E-state index in [1.54, 1.807) is 0 Å². The summed E-state index contributed by atoms with van der Waals surface area (Å²) < 4.78 is 5.50. The molecule has 0 radical (unpaired) electrons. The van der Waals surface area contributed by atoms with E-state index in [2.05, 4.69) is 18.3 Å². The minimum atomic E-state index is 0.562. The predicted molar refractivity (Wildman–Crippen MR) is 61.8 cm³/mol. The maximum atomic E-state index is 5.50. The van der Waals surface area contributed by atoms with Crippen LogP contribution in [0, 0.1) is 19.3 Å². The van der Waals surface area contributed by atoms with Gasteiger partial charge in [0, 0.05) is 18.7 Å². The van der Waals surface area contributed by atoms with Crippen LogP contribution < -0.4 is 5.32 Å². The number of hydrogen-bond acceptors (Lipinski definition) is 2. The van der Waals surface area contributed by atoms with Crippen LogP contribution in [0.2, 0.25) is 0 Å². The summed E-state index contributed by atoms with van der Waals surface area (Å²) in [4.78, 5) is 0. The van der Waals surface area contributed by atoms with Crippen LogP contribution in [0.3, 0.4) is 0 Å². The molecule has 0 aromatic carbocycles. The Bertz CT molecular complexity index is 336. The lowest BCUT2D eigenvalue weighted by molar-refractivity contribution is 0.156. The van der Waals surface area contributed by atoms with Crippen molar-refractivity contribution < 1.29 is 4.42 Å². The van der Waals surface area contributed by atoms with Gasteiger partial charge >= 0.3 is 0 Å². The fourth-order valence-electron chi connectivity index (χ4n) is 2.32. The molecule has 0 atom stereocenters. The molecule has 2 rings (SSSR count). The Kier molecular flexibility index (Phi) is 2.87. The third-order valence-electron chi connectivity index (χ3n) is 3.57. The van der Waals surface area contributed by atoms with Crippen LogP contribution in [0.4, 0.5) is 0 Å². The van der Waals surface area contributed by atoms with Crippen molar-refractivity contribution in [1.29, 1.82) is 0 Å². The van der Waals surface area contributed by atoms with Crippen molar-refractivity contribution in [2.45, 2.75) is 46.6 Å². The summed E-state index contributed by atoms with van der Waals surface area (Å²) in [5, 5.41) is 3.54. The predicted octanol–water partition coefficient (Wildman–Crippen LogP) is 3.18. The van der Waals surface area contributed by atoms with Gasteiger partial charge < -0.3 is 9.73 Å². The maximum Gasteiger partial charge on any atom is 0.105 e. The number of hydrogen-bond donors (Lipinski definition) is 1. The molecular formula is C13H21NO. The molecule has 1 aliphatic rings. The highest BCUT2D eigenvalue weighted by molar-refractivity contribution is 5.19. The van der Waals surface area contributed by atoms with Gasteiger partial charge in [0.2, 0.25) is 0 Å². The monoisotopic (exact) mass is 207 g/mol. The zero-order valence-electron chi connectivity index (χ0n) is 10.0.